The van der Waals surface area contributed by atoms with Gasteiger partial charge in [-0.3, -0.25) is 0 Å². The summed E-state index contributed by atoms with van der Waals surface area (Å²) >= 11 is 0. The van der Waals surface area contributed by atoms with Gasteiger partial charge in [-0.25, -0.2) is 0 Å². The topological polar surface area (TPSA) is 36.9 Å². The van der Waals surface area contributed by atoms with Crippen molar-refractivity contribution in [2.75, 3.05) is 46.2 Å². The highest BCUT2D eigenvalue weighted by molar-refractivity contribution is 5.20. The predicted octanol–water partition coefficient (Wildman–Crippen LogP) is 2.58. The Hall–Kier alpha value is -0.940. The maximum absolute atomic E-state index is 5.53. The zero-order valence-corrected chi connectivity index (χ0v) is 12.6. The van der Waals surface area contributed by atoms with Gasteiger partial charge in [0.05, 0.1) is 46.2 Å². The van der Waals surface area contributed by atoms with Gasteiger partial charge < -0.3 is 18.9 Å². The molecule has 0 aromatic heterocycles. The second kappa shape index (κ2) is 11.9. The summed E-state index contributed by atoms with van der Waals surface area (Å²) in [5.74, 6) is 0. The van der Waals surface area contributed by atoms with Gasteiger partial charge in [-0.15, -0.1) is 0 Å². The van der Waals surface area contributed by atoms with Crippen molar-refractivity contribution in [2.45, 2.75) is 20.5 Å². The fourth-order valence-corrected chi connectivity index (χ4v) is 1.58. The molecule has 0 heterocycles. The molecule has 20 heavy (non-hydrogen) atoms. The van der Waals surface area contributed by atoms with E-state index in [2.05, 4.69) is 31.2 Å². The molecule has 114 valence electrons. The van der Waals surface area contributed by atoms with Crippen molar-refractivity contribution >= 4 is 0 Å². The summed E-state index contributed by atoms with van der Waals surface area (Å²) in [5.41, 5.74) is 2.45. The van der Waals surface area contributed by atoms with Crippen LogP contribution in [-0.4, -0.2) is 46.2 Å². The molecule has 4 nitrogen and oxygen atoms in total. The van der Waals surface area contributed by atoms with Crippen molar-refractivity contribution in [2.24, 2.45) is 0 Å². The van der Waals surface area contributed by atoms with Gasteiger partial charge in [0.1, 0.15) is 0 Å². The highest BCUT2D eigenvalue weighted by atomic mass is 16.6. The van der Waals surface area contributed by atoms with Gasteiger partial charge in [-0.05, 0) is 19.4 Å². The average Bonchev–Trinajstić information content (AvgIpc) is 2.47. The highest BCUT2D eigenvalue weighted by Gasteiger charge is 1.94. The maximum Gasteiger partial charge on any atom is 0.0718 e. The Morgan fingerprint density at radius 1 is 0.700 bits per heavy atom. The van der Waals surface area contributed by atoms with E-state index in [1.807, 2.05) is 6.92 Å². The van der Waals surface area contributed by atoms with Crippen molar-refractivity contribution in [1.29, 1.82) is 0 Å². The van der Waals surface area contributed by atoms with Crippen molar-refractivity contribution in [3.63, 3.8) is 0 Å². The van der Waals surface area contributed by atoms with E-state index >= 15 is 0 Å². The van der Waals surface area contributed by atoms with Crippen LogP contribution < -0.4 is 0 Å². The Morgan fingerprint density at radius 3 is 1.75 bits per heavy atom. The summed E-state index contributed by atoms with van der Waals surface area (Å²) in [4.78, 5) is 0. The molecule has 0 aliphatic rings. The molecule has 1 aromatic carbocycles. The van der Waals surface area contributed by atoms with Crippen molar-refractivity contribution in [3.8, 4) is 0 Å². The molecule has 0 atom stereocenters. The van der Waals surface area contributed by atoms with Crippen LogP contribution in [0.3, 0.4) is 0 Å². The summed E-state index contributed by atoms with van der Waals surface area (Å²) < 4.78 is 21.4. The van der Waals surface area contributed by atoms with Crippen LogP contribution >= 0.6 is 0 Å². The Bertz CT molecular complexity index is 324. The Kier molecular flexibility index (Phi) is 10.1. The minimum Gasteiger partial charge on any atom is -0.379 e. The van der Waals surface area contributed by atoms with Crippen molar-refractivity contribution in [1.82, 2.24) is 0 Å². The van der Waals surface area contributed by atoms with Gasteiger partial charge in [0, 0.05) is 6.61 Å². The van der Waals surface area contributed by atoms with E-state index in [-0.39, 0.29) is 0 Å². The van der Waals surface area contributed by atoms with Crippen LogP contribution in [0.15, 0.2) is 24.3 Å². The zero-order valence-electron chi connectivity index (χ0n) is 12.6. The van der Waals surface area contributed by atoms with Crippen LogP contribution in [0.4, 0.5) is 0 Å². The first-order chi connectivity index (χ1) is 9.83. The lowest BCUT2D eigenvalue weighted by Gasteiger charge is -2.07. The number of rotatable bonds is 12. The van der Waals surface area contributed by atoms with Crippen LogP contribution in [0.5, 0.6) is 0 Å². The lowest BCUT2D eigenvalue weighted by molar-refractivity contribution is -0.00288. The van der Waals surface area contributed by atoms with E-state index in [0.29, 0.717) is 46.2 Å². The molecule has 0 aliphatic carbocycles. The van der Waals surface area contributed by atoms with Gasteiger partial charge in [0.25, 0.3) is 0 Å². The first kappa shape index (κ1) is 17.1. The molecular formula is C16H26O4. The lowest BCUT2D eigenvalue weighted by Crippen LogP contribution is -2.11. The van der Waals surface area contributed by atoms with E-state index < -0.39 is 0 Å². The van der Waals surface area contributed by atoms with Crippen molar-refractivity contribution in [3.05, 3.63) is 35.4 Å². The van der Waals surface area contributed by atoms with E-state index in [0.717, 1.165) is 6.61 Å². The van der Waals surface area contributed by atoms with Crippen LogP contribution in [-0.2, 0) is 25.6 Å². The molecular weight excluding hydrogens is 256 g/mol. The predicted molar refractivity (Wildman–Crippen MR) is 79.0 cm³/mol. The Labute approximate surface area is 122 Å². The fourth-order valence-electron chi connectivity index (χ4n) is 1.58. The van der Waals surface area contributed by atoms with E-state index in [1.165, 1.54) is 11.1 Å². The van der Waals surface area contributed by atoms with E-state index in [9.17, 15) is 0 Å². The van der Waals surface area contributed by atoms with Gasteiger partial charge in [-0.1, -0.05) is 29.8 Å². The molecule has 0 saturated heterocycles. The zero-order chi connectivity index (χ0) is 14.5. The summed E-state index contributed by atoms with van der Waals surface area (Å²) in [6.45, 7) is 9.09. The molecule has 0 fully saturated rings. The first-order valence-electron chi connectivity index (χ1n) is 7.19. The number of hydrogen-bond acceptors (Lipinski definition) is 4. The number of aryl methyl sites for hydroxylation is 1. The molecule has 0 bridgehead atoms. The molecule has 0 N–H and O–H groups in total. The largest absolute Gasteiger partial charge is 0.379 e. The van der Waals surface area contributed by atoms with E-state index in [1.54, 1.807) is 0 Å². The van der Waals surface area contributed by atoms with E-state index in [4.69, 9.17) is 18.9 Å². The second-order valence-corrected chi connectivity index (χ2v) is 4.46. The molecule has 1 rings (SSSR count). The smallest absolute Gasteiger partial charge is 0.0718 e. The van der Waals surface area contributed by atoms with Crippen LogP contribution in [0, 0.1) is 6.92 Å². The molecule has 1 aromatic rings. The summed E-state index contributed by atoms with van der Waals surface area (Å²) in [6, 6.07) is 8.36. The molecule has 4 heteroatoms. The normalized spacial score (nSPS) is 10.9. The Balaban J connectivity index is 1.84. The van der Waals surface area contributed by atoms with Crippen LogP contribution in [0.1, 0.15) is 18.1 Å². The van der Waals surface area contributed by atoms with Crippen LogP contribution in [0.2, 0.25) is 0 Å². The molecule has 0 amide bonds. The highest BCUT2D eigenvalue weighted by Crippen LogP contribution is 2.04. The molecule has 0 radical (unpaired) electrons. The third-order valence-corrected chi connectivity index (χ3v) is 2.71. The molecule has 0 aliphatic heterocycles. The standard InChI is InChI=1S/C16H26O4/c1-3-17-8-9-18-10-11-19-12-13-20-14-16-6-4-15(2)5-7-16/h4-7H,3,8-14H2,1-2H3. The maximum atomic E-state index is 5.53. The first-order valence-corrected chi connectivity index (χ1v) is 7.19. The number of hydrogen-bond donors (Lipinski definition) is 0. The molecule has 0 spiro atoms. The minimum atomic E-state index is 0.597. The lowest BCUT2D eigenvalue weighted by atomic mass is 10.2. The third-order valence-electron chi connectivity index (χ3n) is 2.71. The fraction of sp³-hybridized carbons (Fsp3) is 0.625. The van der Waals surface area contributed by atoms with Crippen molar-refractivity contribution < 1.29 is 18.9 Å². The van der Waals surface area contributed by atoms with Gasteiger partial charge in [-0.2, -0.15) is 0 Å². The quantitative estimate of drug-likeness (QED) is 0.552. The summed E-state index contributed by atoms with van der Waals surface area (Å²) in [7, 11) is 0. The Morgan fingerprint density at radius 2 is 1.20 bits per heavy atom. The number of benzene rings is 1. The number of ether oxygens (including phenoxy) is 4. The van der Waals surface area contributed by atoms with Gasteiger partial charge >= 0.3 is 0 Å². The van der Waals surface area contributed by atoms with Gasteiger partial charge in [0.2, 0.25) is 0 Å². The molecule has 0 saturated carbocycles. The van der Waals surface area contributed by atoms with Gasteiger partial charge in [0.15, 0.2) is 0 Å². The molecule has 0 unspecified atom stereocenters. The van der Waals surface area contributed by atoms with Crippen LogP contribution in [0.25, 0.3) is 0 Å². The monoisotopic (exact) mass is 282 g/mol. The third kappa shape index (κ3) is 9.04. The minimum absolute atomic E-state index is 0.597. The second-order valence-electron chi connectivity index (χ2n) is 4.46. The SMILES string of the molecule is CCOCCOCCOCCOCc1ccc(C)cc1. The average molecular weight is 282 g/mol. The summed E-state index contributed by atoms with van der Waals surface area (Å²) in [6.07, 6.45) is 0. The summed E-state index contributed by atoms with van der Waals surface area (Å²) in [5, 5.41) is 0.